The first-order chi connectivity index (χ1) is 12.3. The number of carbonyl (C=O) groups is 1. The summed E-state index contributed by atoms with van der Waals surface area (Å²) in [5, 5.41) is 0.691. The Bertz CT molecular complexity index is 615. The van der Waals surface area contributed by atoms with E-state index < -0.39 is 0 Å². The predicted octanol–water partition coefficient (Wildman–Crippen LogP) is 1.87. The molecule has 1 saturated heterocycles. The fourth-order valence-corrected chi connectivity index (χ4v) is 4.98. The van der Waals surface area contributed by atoms with Gasteiger partial charge < -0.3 is 14.5 Å². The number of amides is 1. The van der Waals surface area contributed by atoms with Crippen LogP contribution in [0.2, 0.25) is 0 Å². The number of carbonyl (C=O) groups excluding carboxylic acids is 1. The highest BCUT2D eigenvalue weighted by Crippen LogP contribution is 2.30. The zero-order valence-electron chi connectivity index (χ0n) is 14.7. The Hall–Kier alpha value is -1.34. The number of rotatable bonds is 4. The number of thioether (sulfide) groups is 1. The van der Waals surface area contributed by atoms with Crippen LogP contribution in [0.25, 0.3) is 0 Å². The van der Waals surface area contributed by atoms with Gasteiger partial charge in [-0.15, -0.1) is 11.8 Å². The van der Waals surface area contributed by atoms with Crippen molar-refractivity contribution in [3.63, 3.8) is 0 Å². The van der Waals surface area contributed by atoms with Gasteiger partial charge in [-0.2, -0.15) is 0 Å². The molecular formula is C18H26N4O2S. The molecule has 1 aromatic rings. The molecule has 3 heterocycles. The van der Waals surface area contributed by atoms with Gasteiger partial charge in [-0.05, 0) is 24.8 Å². The second-order valence-corrected chi connectivity index (χ2v) is 8.31. The Kier molecular flexibility index (Phi) is 5.41. The van der Waals surface area contributed by atoms with Crippen LogP contribution in [-0.2, 0) is 22.5 Å². The first kappa shape index (κ1) is 17.1. The van der Waals surface area contributed by atoms with Crippen LogP contribution in [-0.4, -0.2) is 64.6 Å². The van der Waals surface area contributed by atoms with Crippen molar-refractivity contribution >= 4 is 23.6 Å². The zero-order valence-corrected chi connectivity index (χ0v) is 15.5. The Morgan fingerprint density at radius 3 is 2.84 bits per heavy atom. The van der Waals surface area contributed by atoms with E-state index in [0.717, 1.165) is 50.9 Å². The molecule has 0 bridgehead atoms. The maximum atomic E-state index is 12.6. The van der Waals surface area contributed by atoms with Crippen molar-refractivity contribution in [3.8, 4) is 0 Å². The van der Waals surface area contributed by atoms with Gasteiger partial charge >= 0.3 is 0 Å². The summed E-state index contributed by atoms with van der Waals surface area (Å²) >= 11 is 1.85. The van der Waals surface area contributed by atoms with Crippen molar-refractivity contribution in [2.45, 2.75) is 43.9 Å². The number of nitrogens with zero attached hydrogens (tertiary/aromatic N) is 4. The molecule has 1 aliphatic carbocycles. The van der Waals surface area contributed by atoms with E-state index in [0.29, 0.717) is 17.5 Å². The molecule has 0 N–H and O–H groups in total. The lowest BCUT2D eigenvalue weighted by molar-refractivity contribution is -0.129. The lowest BCUT2D eigenvalue weighted by Crippen LogP contribution is -2.40. The van der Waals surface area contributed by atoms with Gasteiger partial charge in [0, 0.05) is 31.1 Å². The highest BCUT2D eigenvalue weighted by molar-refractivity contribution is 8.00. The number of hydrogen-bond acceptors (Lipinski definition) is 6. The summed E-state index contributed by atoms with van der Waals surface area (Å²) in [6, 6.07) is 0. The van der Waals surface area contributed by atoms with Gasteiger partial charge in [-0.1, -0.05) is 12.8 Å². The molecule has 2 fully saturated rings. The minimum absolute atomic E-state index is 0.258. The Morgan fingerprint density at radius 1 is 1.24 bits per heavy atom. The normalized spacial score (nSPS) is 21.4. The summed E-state index contributed by atoms with van der Waals surface area (Å²) in [6.07, 6.45) is 8.00. The molecule has 1 aromatic heterocycles. The lowest BCUT2D eigenvalue weighted by Gasteiger charge is -2.31. The molecule has 0 aromatic carbocycles. The maximum Gasteiger partial charge on any atom is 0.232 e. The minimum Gasteiger partial charge on any atom is -0.378 e. The second kappa shape index (κ2) is 7.91. The van der Waals surface area contributed by atoms with Gasteiger partial charge in [0.2, 0.25) is 11.9 Å². The highest BCUT2D eigenvalue weighted by atomic mass is 32.2. The average molecular weight is 362 g/mol. The predicted molar refractivity (Wildman–Crippen MR) is 98.9 cm³/mol. The first-order valence-corrected chi connectivity index (χ1v) is 10.4. The Labute approximate surface area is 153 Å². The topological polar surface area (TPSA) is 58.6 Å². The van der Waals surface area contributed by atoms with E-state index >= 15 is 0 Å². The number of fused-ring (bicyclic) bond motifs is 1. The standard InChI is InChI=1S/C18H26N4O2S/c23-17(13-25-15-3-1-2-4-15)22-6-5-14-11-19-18(20-16(14)12-22)21-7-9-24-10-8-21/h11,15H,1-10,12-13H2. The highest BCUT2D eigenvalue weighted by Gasteiger charge is 2.25. The molecule has 6 nitrogen and oxygen atoms in total. The van der Waals surface area contributed by atoms with Crippen LogP contribution in [0.4, 0.5) is 5.95 Å². The number of aromatic nitrogens is 2. The van der Waals surface area contributed by atoms with Gasteiger partial charge in [-0.3, -0.25) is 4.79 Å². The molecule has 0 unspecified atom stereocenters. The van der Waals surface area contributed by atoms with Crippen LogP contribution < -0.4 is 4.90 Å². The van der Waals surface area contributed by atoms with Crippen LogP contribution in [0, 0.1) is 0 Å². The maximum absolute atomic E-state index is 12.6. The van der Waals surface area contributed by atoms with E-state index in [9.17, 15) is 4.79 Å². The van der Waals surface area contributed by atoms with Crippen molar-refractivity contribution in [3.05, 3.63) is 17.5 Å². The summed E-state index contributed by atoms with van der Waals surface area (Å²) < 4.78 is 5.40. The minimum atomic E-state index is 0.258. The SMILES string of the molecule is O=C(CSC1CCCC1)N1CCc2cnc(N3CCOCC3)nc2C1. The van der Waals surface area contributed by atoms with Crippen LogP contribution in [0.5, 0.6) is 0 Å². The molecule has 0 radical (unpaired) electrons. The summed E-state index contributed by atoms with van der Waals surface area (Å²) in [5.41, 5.74) is 2.20. The number of ether oxygens (including phenoxy) is 1. The summed E-state index contributed by atoms with van der Waals surface area (Å²) in [7, 11) is 0. The van der Waals surface area contributed by atoms with E-state index in [1.54, 1.807) is 0 Å². The van der Waals surface area contributed by atoms with Crippen molar-refractivity contribution in [1.29, 1.82) is 0 Å². The third-order valence-electron chi connectivity index (χ3n) is 5.32. The molecule has 25 heavy (non-hydrogen) atoms. The average Bonchev–Trinajstić information content (AvgIpc) is 3.19. The Morgan fingerprint density at radius 2 is 2.04 bits per heavy atom. The van der Waals surface area contributed by atoms with Crippen LogP contribution in [0.3, 0.4) is 0 Å². The molecule has 1 saturated carbocycles. The van der Waals surface area contributed by atoms with E-state index in [1.807, 2.05) is 22.9 Å². The smallest absolute Gasteiger partial charge is 0.232 e. The van der Waals surface area contributed by atoms with Crippen LogP contribution >= 0.6 is 11.8 Å². The molecule has 0 atom stereocenters. The van der Waals surface area contributed by atoms with Gasteiger partial charge in [-0.25, -0.2) is 9.97 Å². The van der Waals surface area contributed by atoms with E-state index in [2.05, 4.69) is 9.88 Å². The second-order valence-electron chi connectivity index (χ2n) is 7.02. The summed E-state index contributed by atoms with van der Waals surface area (Å²) in [4.78, 5) is 26.0. The van der Waals surface area contributed by atoms with Crippen LogP contribution in [0.1, 0.15) is 36.9 Å². The lowest BCUT2D eigenvalue weighted by atomic mass is 10.1. The van der Waals surface area contributed by atoms with Crippen LogP contribution in [0.15, 0.2) is 6.20 Å². The van der Waals surface area contributed by atoms with Crippen molar-refractivity contribution in [1.82, 2.24) is 14.9 Å². The third kappa shape index (κ3) is 4.08. The summed E-state index contributed by atoms with van der Waals surface area (Å²) in [6.45, 7) is 4.53. The fourth-order valence-electron chi connectivity index (χ4n) is 3.76. The molecule has 2 aliphatic heterocycles. The van der Waals surface area contributed by atoms with E-state index in [4.69, 9.17) is 9.72 Å². The van der Waals surface area contributed by atoms with Crippen molar-refractivity contribution < 1.29 is 9.53 Å². The molecule has 136 valence electrons. The molecular weight excluding hydrogens is 336 g/mol. The first-order valence-electron chi connectivity index (χ1n) is 9.36. The Balaban J connectivity index is 1.38. The van der Waals surface area contributed by atoms with Crippen molar-refractivity contribution in [2.24, 2.45) is 0 Å². The zero-order chi connectivity index (χ0) is 17.1. The van der Waals surface area contributed by atoms with Gasteiger partial charge in [0.15, 0.2) is 0 Å². The number of anilines is 1. The van der Waals surface area contributed by atoms with E-state index in [-0.39, 0.29) is 5.91 Å². The number of morpholine rings is 1. The van der Waals surface area contributed by atoms with E-state index in [1.165, 1.54) is 31.2 Å². The summed E-state index contributed by atoms with van der Waals surface area (Å²) in [5.74, 6) is 1.65. The monoisotopic (exact) mass is 362 g/mol. The molecule has 1 amide bonds. The molecule has 3 aliphatic rings. The van der Waals surface area contributed by atoms with Gasteiger partial charge in [0.1, 0.15) is 0 Å². The number of hydrogen-bond donors (Lipinski definition) is 0. The quantitative estimate of drug-likeness (QED) is 0.815. The largest absolute Gasteiger partial charge is 0.378 e. The molecule has 0 spiro atoms. The van der Waals surface area contributed by atoms with Crippen molar-refractivity contribution in [2.75, 3.05) is 43.5 Å². The molecule has 4 rings (SSSR count). The van der Waals surface area contributed by atoms with Gasteiger partial charge in [0.05, 0.1) is 31.2 Å². The van der Waals surface area contributed by atoms with Gasteiger partial charge in [0.25, 0.3) is 0 Å². The third-order valence-corrected chi connectivity index (χ3v) is 6.68. The molecule has 7 heteroatoms. The fraction of sp³-hybridized carbons (Fsp3) is 0.722.